The van der Waals surface area contributed by atoms with E-state index in [4.69, 9.17) is 34.0 Å². The third kappa shape index (κ3) is 4.56. The van der Waals surface area contributed by atoms with Crippen LogP contribution in [0.3, 0.4) is 0 Å². The van der Waals surface area contributed by atoms with Crippen molar-refractivity contribution < 1.29 is 14.7 Å². The fourth-order valence-electron chi connectivity index (χ4n) is 1.46. The monoisotopic (exact) mass is 336 g/mol. The Labute approximate surface area is 130 Å². The van der Waals surface area contributed by atoms with Crippen LogP contribution in [0, 0.1) is 0 Å². The molecule has 110 valence electrons. The number of amides is 1. The van der Waals surface area contributed by atoms with Gasteiger partial charge in [0.2, 0.25) is 5.91 Å². The molecule has 0 aliphatic rings. The predicted molar refractivity (Wildman–Crippen MR) is 83.0 cm³/mol. The van der Waals surface area contributed by atoms with Crippen molar-refractivity contribution in [2.45, 2.75) is 12.5 Å². The molecule has 0 saturated carbocycles. The van der Waals surface area contributed by atoms with Gasteiger partial charge in [-0.1, -0.05) is 23.2 Å². The number of halogens is 2. The lowest BCUT2D eigenvalue weighted by molar-refractivity contribution is -0.117. The van der Waals surface area contributed by atoms with Gasteiger partial charge in [-0.3, -0.25) is 4.79 Å². The van der Waals surface area contributed by atoms with E-state index in [9.17, 15) is 9.59 Å². The summed E-state index contributed by atoms with van der Waals surface area (Å²) in [4.78, 5) is 23.0. The number of carbonyl (C=O) groups is 2. The normalized spacial score (nSPS) is 12.0. The molecule has 1 atom stereocenters. The molecule has 0 heterocycles. The average molecular weight is 337 g/mol. The number of carbonyl (C=O) groups excluding carboxylic acids is 1. The molecule has 20 heavy (non-hydrogen) atoms. The van der Waals surface area contributed by atoms with Crippen molar-refractivity contribution in [3.8, 4) is 0 Å². The zero-order valence-electron chi connectivity index (χ0n) is 10.7. The van der Waals surface area contributed by atoms with Crippen LogP contribution in [0.2, 0.25) is 10.0 Å². The number of aromatic carboxylic acids is 1. The summed E-state index contributed by atoms with van der Waals surface area (Å²) in [5, 5.41) is 11.8. The van der Waals surface area contributed by atoms with Gasteiger partial charge in [-0.15, -0.1) is 0 Å². The topological polar surface area (TPSA) is 92.4 Å². The third-order valence-corrected chi connectivity index (χ3v) is 3.66. The molecular weight excluding hydrogens is 323 g/mol. The molecule has 0 aliphatic carbocycles. The summed E-state index contributed by atoms with van der Waals surface area (Å²) in [6.07, 6.45) is 2.39. The molecule has 0 aliphatic heterocycles. The number of nitrogens with one attached hydrogen (secondary N) is 1. The number of hydrogen-bond acceptors (Lipinski definition) is 4. The Morgan fingerprint density at radius 1 is 1.45 bits per heavy atom. The largest absolute Gasteiger partial charge is 0.478 e. The second-order valence-corrected chi connectivity index (χ2v) is 5.82. The minimum Gasteiger partial charge on any atom is -0.478 e. The van der Waals surface area contributed by atoms with E-state index >= 15 is 0 Å². The van der Waals surface area contributed by atoms with Crippen molar-refractivity contribution in [1.29, 1.82) is 0 Å². The first-order chi connectivity index (χ1) is 9.36. The summed E-state index contributed by atoms with van der Waals surface area (Å²) < 4.78 is 0. The summed E-state index contributed by atoms with van der Waals surface area (Å²) in [6, 6.07) is 1.85. The average Bonchev–Trinajstić information content (AvgIpc) is 2.38. The molecule has 1 rings (SSSR count). The Hall–Kier alpha value is -0.950. The highest BCUT2D eigenvalue weighted by Crippen LogP contribution is 2.30. The van der Waals surface area contributed by atoms with Crippen LogP contribution in [0.4, 0.5) is 5.69 Å². The Morgan fingerprint density at radius 3 is 2.65 bits per heavy atom. The van der Waals surface area contributed by atoms with E-state index in [0.29, 0.717) is 6.42 Å². The predicted octanol–water partition coefficient (Wildman–Crippen LogP) is 2.71. The van der Waals surface area contributed by atoms with E-state index in [2.05, 4.69) is 5.32 Å². The van der Waals surface area contributed by atoms with Gasteiger partial charge in [0.1, 0.15) is 0 Å². The Morgan fingerprint density at radius 2 is 2.10 bits per heavy atom. The van der Waals surface area contributed by atoms with Gasteiger partial charge in [0.15, 0.2) is 0 Å². The molecule has 0 unspecified atom stereocenters. The number of hydrogen-bond donors (Lipinski definition) is 3. The number of rotatable bonds is 6. The Kier molecular flexibility index (Phi) is 6.61. The first kappa shape index (κ1) is 17.1. The fraction of sp³-hybridized carbons (Fsp3) is 0.333. The summed E-state index contributed by atoms with van der Waals surface area (Å²) in [5.74, 6) is -0.984. The van der Waals surface area contributed by atoms with Crippen molar-refractivity contribution in [3.63, 3.8) is 0 Å². The third-order valence-electron chi connectivity index (χ3n) is 2.50. The molecule has 4 N–H and O–H groups in total. The van der Waals surface area contributed by atoms with Gasteiger partial charge in [-0.05, 0) is 30.6 Å². The van der Waals surface area contributed by atoms with Crippen LogP contribution in [0.5, 0.6) is 0 Å². The second kappa shape index (κ2) is 7.73. The molecule has 5 nitrogen and oxygen atoms in total. The van der Waals surface area contributed by atoms with E-state index in [1.807, 2.05) is 6.26 Å². The minimum absolute atomic E-state index is 0.00756. The van der Waals surface area contributed by atoms with Crippen LogP contribution >= 0.6 is 35.0 Å². The maximum atomic E-state index is 11.9. The lowest BCUT2D eigenvalue weighted by Crippen LogP contribution is -2.36. The lowest BCUT2D eigenvalue weighted by Gasteiger charge is -2.14. The number of thioether (sulfide) groups is 1. The van der Waals surface area contributed by atoms with Crippen molar-refractivity contribution in [2.24, 2.45) is 5.73 Å². The second-order valence-electron chi connectivity index (χ2n) is 3.99. The van der Waals surface area contributed by atoms with Gasteiger partial charge < -0.3 is 16.2 Å². The lowest BCUT2D eigenvalue weighted by atomic mass is 10.1. The molecule has 1 aromatic carbocycles. The summed E-state index contributed by atoms with van der Waals surface area (Å²) in [6.45, 7) is 0. The van der Waals surface area contributed by atoms with E-state index in [0.717, 1.165) is 5.75 Å². The molecule has 1 amide bonds. The molecule has 0 aromatic heterocycles. The van der Waals surface area contributed by atoms with Gasteiger partial charge in [0.25, 0.3) is 0 Å². The van der Waals surface area contributed by atoms with Crippen molar-refractivity contribution >= 4 is 52.5 Å². The van der Waals surface area contributed by atoms with Gasteiger partial charge in [-0.25, -0.2) is 4.79 Å². The molecule has 0 bridgehead atoms. The van der Waals surface area contributed by atoms with Gasteiger partial charge in [0.05, 0.1) is 22.3 Å². The van der Waals surface area contributed by atoms with E-state index < -0.39 is 17.9 Å². The van der Waals surface area contributed by atoms with E-state index in [1.54, 1.807) is 11.8 Å². The van der Waals surface area contributed by atoms with Crippen LogP contribution < -0.4 is 11.1 Å². The highest BCUT2D eigenvalue weighted by atomic mass is 35.5. The molecule has 1 aromatic rings. The first-order valence-corrected chi connectivity index (χ1v) is 7.79. The van der Waals surface area contributed by atoms with Crippen LogP contribution in [-0.2, 0) is 4.79 Å². The van der Waals surface area contributed by atoms with Gasteiger partial charge in [0, 0.05) is 5.02 Å². The number of carboxylic acid groups (broad SMARTS) is 1. The zero-order valence-corrected chi connectivity index (χ0v) is 13.0. The minimum atomic E-state index is -1.23. The van der Waals surface area contributed by atoms with Crippen molar-refractivity contribution in [3.05, 3.63) is 27.7 Å². The summed E-state index contributed by atoms with van der Waals surface area (Å²) in [7, 11) is 0. The fourth-order valence-corrected chi connectivity index (χ4v) is 2.49. The molecule has 0 saturated heterocycles. The van der Waals surface area contributed by atoms with Gasteiger partial charge in [-0.2, -0.15) is 11.8 Å². The molecular formula is C12H14Cl2N2O3S. The Balaban J connectivity index is 2.97. The Bertz CT molecular complexity index is 526. The van der Waals surface area contributed by atoms with Crippen molar-refractivity contribution in [1.82, 2.24) is 0 Å². The maximum Gasteiger partial charge on any atom is 0.337 e. The molecule has 8 heteroatoms. The van der Waals surface area contributed by atoms with Crippen molar-refractivity contribution in [2.75, 3.05) is 17.3 Å². The number of nitrogens with two attached hydrogens (primary N) is 1. The number of anilines is 1. The maximum absolute atomic E-state index is 11.9. The highest BCUT2D eigenvalue weighted by molar-refractivity contribution is 7.98. The zero-order chi connectivity index (χ0) is 15.3. The molecule has 0 fully saturated rings. The quantitative estimate of drug-likeness (QED) is 0.742. The smallest absolute Gasteiger partial charge is 0.337 e. The number of benzene rings is 1. The van der Waals surface area contributed by atoms with Crippen LogP contribution in [-0.4, -0.2) is 35.0 Å². The SMILES string of the molecule is CSCC[C@H](N)C(=O)Nc1c(Cl)cc(Cl)cc1C(=O)O. The standard InChI is InChI=1S/C12H14Cl2N2O3S/c1-20-3-2-9(15)11(17)16-10-7(12(18)19)4-6(13)5-8(10)14/h4-5,9H,2-3,15H2,1H3,(H,16,17)(H,18,19)/t9-/m0/s1. The molecule has 0 radical (unpaired) electrons. The molecule has 0 spiro atoms. The highest BCUT2D eigenvalue weighted by Gasteiger charge is 2.20. The summed E-state index contributed by atoms with van der Waals surface area (Å²) >= 11 is 13.2. The first-order valence-electron chi connectivity index (χ1n) is 5.64. The number of carboxylic acids is 1. The van der Waals surface area contributed by atoms with Gasteiger partial charge >= 0.3 is 5.97 Å². The van der Waals surface area contributed by atoms with Crippen LogP contribution in [0.15, 0.2) is 12.1 Å². The van der Waals surface area contributed by atoms with Crippen LogP contribution in [0.25, 0.3) is 0 Å². The van der Waals surface area contributed by atoms with E-state index in [-0.39, 0.29) is 21.3 Å². The van der Waals surface area contributed by atoms with E-state index in [1.165, 1.54) is 12.1 Å². The summed E-state index contributed by atoms with van der Waals surface area (Å²) in [5.41, 5.74) is 5.55. The van der Waals surface area contributed by atoms with Crippen LogP contribution in [0.1, 0.15) is 16.8 Å².